The second-order valence-corrected chi connectivity index (χ2v) is 4.98. The Morgan fingerprint density at radius 3 is 2.67 bits per heavy atom. The summed E-state index contributed by atoms with van der Waals surface area (Å²) in [5.74, 6) is 0.809. The van der Waals surface area contributed by atoms with Crippen LogP contribution < -0.4 is 5.73 Å². The second-order valence-electron chi connectivity index (χ2n) is 4.98. The van der Waals surface area contributed by atoms with E-state index in [-0.39, 0.29) is 6.04 Å². The molecule has 1 rings (SSSR count). The maximum absolute atomic E-state index is 5.76. The summed E-state index contributed by atoms with van der Waals surface area (Å²) in [6.07, 6.45) is 7.95. The fraction of sp³-hybridized carbons (Fsp3) is 0.692. The Balaban J connectivity index is 2.33. The summed E-state index contributed by atoms with van der Waals surface area (Å²) in [6, 6.07) is 2.44. The molecule has 0 spiro atoms. The Morgan fingerprint density at radius 2 is 2.07 bits per heavy atom. The van der Waals surface area contributed by atoms with E-state index in [1.54, 1.807) is 0 Å². The van der Waals surface area contributed by atoms with Crippen molar-refractivity contribution in [2.45, 2.75) is 52.6 Å². The van der Waals surface area contributed by atoms with E-state index < -0.39 is 0 Å². The van der Waals surface area contributed by atoms with Gasteiger partial charge in [-0.1, -0.05) is 13.8 Å². The molecule has 0 bridgehead atoms. The number of aromatic nitrogens is 1. The van der Waals surface area contributed by atoms with E-state index in [9.17, 15) is 0 Å². The number of nitrogens with zero attached hydrogens (tertiary/aromatic N) is 1. The molecule has 0 fully saturated rings. The van der Waals surface area contributed by atoms with Crippen LogP contribution in [0.5, 0.6) is 0 Å². The first kappa shape index (κ1) is 12.3. The fourth-order valence-corrected chi connectivity index (χ4v) is 1.80. The molecule has 1 aromatic heterocycles. The maximum Gasteiger partial charge on any atom is 0.0219 e. The summed E-state index contributed by atoms with van der Waals surface area (Å²) >= 11 is 0. The van der Waals surface area contributed by atoms with Gasteiger partial charge in [0.15, 0.2) is 0 Å². The third-order valence-corrected chi connectivity index (χ3v) is 2.57. The molecular formula is C13H24N2. The van der Waals surface area contributed by atoms with Crippen molar-refractivity contribution in [3.8, 4) is 0 Å². The van der Waals surface area contributed by atoms with Crippen LogP contribution in [-0.4, -0.2) is 10.6 Å². The number of hydrogen-bond acceptors (Lipinski definition) is 1. The van der Waals surface area contributed by atoms with Gasteiger partial charge in [-0.3, -0.25) is 0 Å². The number of rotatable bonds is 6. The van der Waals surface area contributed by atoms with Gasteiger partial charge < -0.3 is 10.3 Å². The second kappa shape index (κ2) is 5.96. The summed E-state index contributed by atoms with van der Waals surface area (Å²) in [6.45, 7) is 7.74. The summed E-state index contributed by atoms with van der Waals surface area (Å²) < 4.78 is 2.28. The average Bonchev–Trinajstić information content (AvgIpc) is 2.50. The third kappa shape index (κ3) is 5.03. The van der Waals surface area contributed by atoms with Crippen LogP contribution in [0.25, 0.3) is 0 Å². The zero-order valence-electron chi connectivity index (χ0n) is 10.2. The predicted octanol–water partition coefficient (Wildman–Crippen LogP) is 2.81. The van der Waals surface area contributed by atoms with Crippen LogP contribution >= 0.6 is 0 Å². The van der Waals surface area contributed by atoms with Gasteiger partial charge in [-0.2, -0.15) is 0 Å². The molecule has 1 heterocycles. The highest BCUT2D eigenvalue weighted by Gasteiger charge is 2.00. The van der Waals surface area contributed by atoms with Gasteiger partial charge in [0.25, 0.3) is 0 Å². The zero-order valence-corrected chi connectivity index (χ0v) is 10.2. The van der Waals surface area contributed by atoms with Crippen LogP contribution in [-0.2, 0) is 13.0 Å². The van der Waals surface area contributed by atoms with Crippen molar-refractivity contribution in [1.29, 1.82) is 0 Å². The molecule has 0 aliphatic carbocycles. The molecule has 0 aliphatic rings. The first-order chi connectivity index (χ1) is 7.08. The number of nitrogens with two attached hydrogens (primary N) is 1. The van der Waals surface area contributed by atoms with E-state index in [0.717, 1.165) is 18.9 Å². The summed E-state index contributed by atoms with van der Waals surface area (Å²) in [4.78, 5) is 0. The highest BCUT2D eigenvalue weighted by atomic mass is 14.9. The topological polar surface area (TPSA) is 30.9 Å². The van der Waals surface area contributed by atoms with Gasteiger partial charge in [0.2, 0.25) is 0 Å². The molecule has 1 unspecified atom stereocenters. The van der Waals surface area contributed by atoms with Gasteiger partial charge in [-0.15, -0.1) is 0 Å². The molecule has 2 nitrogen and oxygen atoms in total. The maximum atomic E-state index is 5.76. The van der Waals surface area contributed by atoms with Gasteiger partial charge >= 0.3 is 0 Å². The molecular weight excluding hydrogens is 184 g/mol. The first-order valence-electron chi connectivity index (χ1n) is 5.98. The summed E-state index contributed by atoms with van der Waals surface area (Å²) in [5.41, 5.74) is 7.12. The van der Waals surface area contributed by atoms with Crippen LogP contribution in [0.4, 0.5) is 0 Å². The van der Waals surface area contributed by atoms with E-state index in [4.69, 9.17) is 5.73 Å². The van der Waals surface area contributed by atoms with Gasteiger partial charge in [0, 0.05) is 25.0 Å². The Bertz CT molecular complexity index is 274. The van der Waals surface area contributed by atoms with Crippen molar-refractivity contribution in [3.05, 3.63) is 24.0 Å². The van der Waals surface area contributed by atoms with Crippen molar-refractivity contribution in [2.75, 3.05) is 0 Å². The highest BCUT2D eigenvalue weighted by Crippen LogP contribution is 2.08. The molecule has 0 saturated carbocycles. The average molecular weight is 208 g/mol. The summed E-state index contributed by atoms with van der Waals surface area (Å²) in [7, 11) is 0. The van der Waals surface area contributed by atoms with Crippen molar-refractivity contribution in [3.63, 3.8) is 0 Å². The molecule has 1 atom stereocenters. The fourth-order valence-electron chi connectivity index (χ4n) is 1.80. The molecule has 86 valence electrons. The van der Waals surface area contributed by atoms with Crippen molar-refractivity contribution < 1.29 is 0 Å². The number of hydrogen-bond donors (Lipinski definition) is 1. The Morgan fingerprint density at radius 1 is 1.33 bits per heavy atom. The zero-order chi connectivity index (χ0) is 11.3. The van der Waals surface area contributed by atoms with Gasteiger partial charge in [-0.05, 0) is 43.7 Å². The van der Waals surface area contributed by atoms with E-state index in [2.05, 4.69) is 43.8 Å². The molecule has 0 aromatic carbocycles. The highest BCUT2D eigenvalue weighted by molar-refractivity contribution is 5.11. The SMILES string of the molecule is CC(C)CCCn1ccc(CC(C)N)c1. The van der Waals surface area contributed by atoms with Crippen LogP contribution in [0.1, 0.15) is 39.2 Å². The van der Waals surface area contributed by atoms with Crippen LogP contribution in [0.3, 0.4) is 0 Å². The minimum Gasteiger partial charge on any atom is -0.354 e. The molecule has 0 radical (unpaired) electrons. The Hall–Kier alpha value is -0.760. The Kier molecular flexibility index (Phi) is 4.89. The van der Waals surface area contributed by atoms with Gasteiger partial charge in [0.1, 0.15) is 0 Å². The number of aryl methyl sites for hydroxylation is 1. The lowest BCUT2D eigenvalue weighted by atomic mass is 10.1. The van der Waals surface area contributed by atoms with Crippen molar-refractivity contribution >= 4 is 0 Å². The molecule has 2 heteroatoms. The molecule has 0 saturated heterocycles. The molecule has 15 heavy (non-hydrogen) atoms. The third-order valence-electron chi connectivity index (χ3n) is 2.57. The van der Waals surface area contributed by atoms with Gasteiger partial charge in [-0.25, -0.2) is 0 Å². The minimum atomic E-state index is 0.261. The lowest BCUT2D eigenvalue weighted by molar-refractivity contribution is 0.512. The van der Waals surface area contributed by atoms with Crippen LogP contribution in [0.2, 0.25) is 0 Å². The first-order valence-corrected chi connectivity index (χ1v) is 5.98. The minimum absolute atomic E-state index is 0.261. The van der Waals surface area contributed by atoms with E-state index >= 15 is 0 Å². The van der Waals surface area contributed by atoms with Crippen LogP contribution in [0, 0.1) is 5.92 Å². The largest absolute Gasteiger partial charge is 0.354 e. The molecule has 0 amide bonds. The van der Waals surface area contributed by atoms with E-state index in [1.165, 1.54) is 18.4 Å². The van der Waals surface area contributed by atoms with E-state index in [1.807, 2.05) is 0 Å². The predicted molar refractivity (Wildman–Crippen MR) is 65.9 cm³/mol. The summed E-state index contributed by atoms with van der Waals surface area (Å²) in [5, 5.41) is 0. The molecule has 0 aliphatic heterocycles. The molecule has 1 aromatic rings. The monoisotopic (exact) mass is 208 g/mol. The standard InChI is InChI=1S/C13H24N2/c1-11(2)5-4-7-15-8-6-13(10-15)9-12(3)14/h6,8,10-12H,4-5,7,9,14H2,1-3H3. The van der Waals surface area contributed by atoms with Crippen LogP contribution in [0.15, 0.2) is 18.5 Å². The Labute approximate surface area is 93.5 Å². The van der Waals surface area contributed by atoms with Crippen molar-refractivity contribution in [2.24, 2.45) is 11.7 Å². The normalized spacial score (nSPS) is 13.4. The molecule has 2 N–H and O–H groups in total. The van der Waals surface area contributed by atoms with Gasteiger partial charge in [0.05, 0.1) is 0 Å². The van der Waals surface area contributed by atoms with E-state index in [0.29, 0.717) is 0 Å². The lowest BCUT2D eigenvalue weighted by Crippen LogP contribution is -2.17. The smallest absolute Gasteiger partial charge is 0.0219 e. The lowest BCUT2D eigenvalue weighted by Gasteiger charge is -2.05. The van der Waals surface area contributed by atoms with Crippen molar-refractivity contribution in [1.82, 2.24) is 4.57 Å². The quantitative estimate of drug-likeness (QED) is 0.765.